The van der Waals surface area contributed by atoms with Gasteiger partial charge in [0.05, 0.1) is 6.61 Å². The molecule has 0 saturated heterocycles. The fraction of sp³-hybridized carbons (Fsp3) is 1.00. The van der Waals surface area contributed by atoms with E-state index in [1.165, 1.54) is 0 Å². The highest BCUT2D eigenvalue weighted by molar-refractivity contribution is 4.74. The molecule has 2 N–H and O–H groups in total. The molecule has 17 heavy (non-hydrogen) atoms. The molecule has 4 nitrogen and oxygen atoms in total. The average Bonchev–Trinajstić information content (AvgIpc) is 2.31. The topological polar surface area (TPSA) is 46.9 Å². The number of hydrogen-bond donors (Lipinski definition) is 2. The third kappa shape index (κ3) is 10.7. The smallest absolute Gasteiger partial charge is 0.0609 e. The number of aliphatic hydroxyl groups is 2. The summed E-state index contributed by atoms with van der Waals surface area (Å²) in [7, 11) is 3.91. The Morgan fingerprint density at radius 3 is 1.65 bits per heavy atom. The molecule has 0 saturated carbocycles. The number of nitrogens with zero attached hydrogens (tertiary/aromatic N) is 2. The van der Waals surface area contributed by atoms with Gasteiger partial charge in [0.25, 0.3) is 0 Å². The fourth-order valence-corrected chi connectivity index (χ4v) is 0.976. The van der Waals surface area contributed by atoms with Gasteiger partial charge in [-0.3, -0.25) is 0 Å². The standard InChI is InChI=1S/C7H17NO.C6H15NO/c1-3-8(4-2)6-5-7-9;1-6(2,5-8)7(3)4/h9H,3-7H2,1-2H3;8H,5H2,1-4H3. The van der Waals surface area contributed by atoms with Gasteiger partial charge in [0.15, 0.2) is 0 Å². The van der Waals surface area contributed by atoms with Crippen molar-refractivity contribution in [2.75, 3.05) is 46.9 Å². The van der Waals surface area contributed by atoms with Gasteiger partial charge in [0, 0.05) is 18.7 Å². The third-order valence-electron chi connectivity index (χ3n) is 3.12. The molecule has 106 valence electrons. The van der Waals surface area contributed by atoms with E-state index in [2.05, 4.69) is 18.7 Å². The van der Waals surface area contributed by atoms with Gasteiger partial charge in [-0.15, -0.1) is 0 Å². The summed E-state index contributed by atoms with van der Waals surface area (Å²) in [6, 6.07) is 0. The quantitative estimate of drug-likeness (QED) is 0.706. The first-order valence-corrected chi connectivity index (χ1v) is 6.47. The molecule has 4 heteroatoms. The lowest BCUT2D eigenvalue weighted by atomic mass is 10.1. The summed E-state index contributed by atoms with van der Waals surface area (Å²) in [4.78, 5) is 4.29. The van der Waals surface area contributed by atoms with Crippen LogP contribution in [0.1, 0.15) is 34.1 Å². The molecule has 0 heterocycles. The highest BCUT2D eigenvalue weighted by Gasteiger charge is 2.17. The van der Waals surface area contributed by atoms with Crippen LogP contribution >= 0.6 is 0 Å². The first-order valence-electron chi connectivity index (χ1n) is 6.47. The summed E-state index contributed by atoms with van der Waals surface area (Å²) in [6.45, 7) is 12.0. The monoisotopic (exact) mass is 248 g/mol. The molecule has 0 atom stereocenters. The molecule has 0 amide bonds. The second kappa shape index (κ2) is 11.0. The van der Waals surface area contributed by atoms with Gasteiger partial charge >= 0.3 is 0 Å². The van der Waals surface area contributed by atoms with Crippen LogP contribution in [0.15, 0.2) is 0 Å². The van der Waals surface area contributed by atoms with Crippen LogP contribution in [-0.4, -0.2) is 72.5 Å². The SMILES string of the molecule is CCN(CC)CCCO.CN(C)C(C)(C)CO. The largest absolute Gasteiger partial charge is 0.396 e. The Hall–Kier alpha value is -0.160. The van der Waals surface area contributed by atoms with Crippen molar-refractivity contribution < 1.29 is 10.2 Å². The summed E-state index contributed by atoms with van der Waals surface area (Å²) in [5, 5.41) is 17.2. The van der Waals surface area contributed by atoms with Gasteiger partial charge in [0.2, 0.25) is 0 Å². The Labute approximate surface area is 107 Å². The zero-order valence-corrected chi connectivity index (χ0v) is 12.5. The van der Waals surface area contributed by atoms with E-state index in [1.807, 2.05) is 32.8 Å². The molecule has 0 aliphatic rings. The Bertz CT molecular complexity index is 157. The molecule has 0 unspecified atom stereocenters. The molecule has 0 aromatic carbocycles. The lowest BCUT2D eigenvalue weighted by Crippen LogP contribution is -2.41. The fourth-order valence-electron chi connectivity index (χ4n) is 0.976. The van der Waals surface area contributed by atoms with Crippen LogP contribution in [0.3, 0.4) is 0 Å². The van der Waals surface area contributed by atoms with Crippen LogP contribution in [0.5, 0.6) is 0 Å². The van der Waals surface area contributed by atoms with Crippen LogP contribution in [0.2, 0.25) is 0 Å². The maximum absolute atomic E-state index is 8.72. The van der Waals surface area contributed by atoms with Crippen molar-refractivity contribution in [3.8, 4) is 0 Å². The Morgan fingerprint density at radius 2 is 1.47 bits per heavy atom. The van der Waals surface area contributed by atoms with Crippen LogP contribution in [0.4, 0.5) is 0 Å². The Morgan fingerprint density at radius 1 is 1.00 bits per heavy atom. The van der Waals surface area contributed by atoms with Gasteiger partial charge in [-0.1, -0.05) is 13.8 Å². The summed E-state index contributed by atoms with van der Waals surface area (Å²) < 4.78 is 0. The lowest BCUT2D eigenvalue weighted by Gasteiger charge is -2.29. The van der Waals surface area contributed by atoms with Crippen molar-refractivity contribution >= 4 is 0 Å². The van der Waals surface area contributed by atoms with Crippen LogP contribution in [-0.2, 0) is 0 Å². The van der Waals surface area contributed by atoms with Crippen molar-refractivity contribution in [3.63, 3.8) is 0 Å². The summed E-state index contributed by atoms with van der Waals surface area (Å²) in [5.74, 6) is 0. The molecule has 0 aromatic heterocycles. The van der Waals surface area contributed by atoms with Crippen molar-refractivity contribution in [1.29, 1.82) is 0 Å². The molecule has 0 spiro atoms. The van der Waals surface area contributed by atoms with E-state index in [0.717, 1.165) is 26.1 Å². The summed E-state index contributed by atoms with van der Waals surface area (Å²) >= 11 is 0. The predicted octanol–water partition coefficient (Wildman–Crippen LogP) is 1.03. The maximum Gasteiger partial charge on any atom is 0.0609 e. The van der Waals surface area contributed by atoms with Gasteiger partial charge in [-0.2, -0.15) is 0 Å². The maximum atomic E-state index is 8.72. The number of likely N-dealkylation sites (N-methyl/N-ethyl adjacent to an activating group) is 1. The van der Waals surface area contributed by atoms with E-state index in [1.54, 1.807) is 0 Å². The van der Waals surface area contributed by atoms with E-state index in [4.69, 9.17) is 10.2 Å². The predicted molar refractivity (Wildman–Crippen MR) is 74.3 cm³/mol. The highest BCUT2D eigenvalue weighted by Crippen LogP contribution is 2.06. The van der Waals surface area contributed by atoms with Crippen LogP contribution in [0.25, 0.3) is 0 Å². The molecule has 0 radical (unpaired) electrons. The Balaban J connectivity index is 0. The molecule has 0 aromatic rings. The zero-order chi connectivity index (χ0) is 13.9. The van der Waals surface area contributed by atoms with E-state index in [0.29, 0.717) is 6.61 Å². The highest BCUT2D eigenvalue weighted by atomic mass is 16.3. The third-order valence-corrected chi connectivity index (χ3v) is 3.12. The van der Waals surface area contributed by atoms with Gasteiger partial charge < -0.3 is 20.0 Å². The summed E-state index contributed by atoms with van der Waals surface area (Å²) in [5.41, 5.74) is -0.0694. The number of rotatable bonds is 7. The lowest BCUT2D eigenvalue weighted by molar-refractivity contribution is 0.100. The van der Waals surface area contributed by atoms with Gasteiger partial charge in [-0.05, 0) is 47.5 Å². The molecule has 0 aliphatic carbocycles. The molecular weight excluding hydrogens is 216 g/mol. The molecular formula is C13H32N2O2. The molecule has 0 bridgehead atoms. The van der Waals surface area contributed by atoms with Crippen molar-refractivity contribution in [2.24, 2.45) is 0 Å². The minimum atomic E-state index is -0.0694. The number of hydrogen-bond acceptors (Lipinski definition) is 4. The molecule has 0 fully saturated rings. The first kappa shape index (κ1) is 19.2. The van der Waals surface area contributed by atoms with Crippen LogP contribution in [0, 0.1) is 0 Å². The minimum Gasteiger partial charge on any atom is -0.396 e. The molecule has 0 rings (SSSR count). The summed E-state index contributed by atoms with van der Waals surface area (Å²) in [6.07, 6.45) is 0.904. The second-order valence-corrected chi connectivity index (χ2v) is 4.97. The van der Waals surface area contributed by atoms with E-state index >= 15 is 0 Å². The van der Waals surface area contributed by atoms with Crippen molar-refractivity contribution in [2.45, 2.75) is 39.7 Å². The minimum absolute atomic E-state index is 0.0694. The van der Waals surface area contributed by atoms with Crippen molar-refractivity contribution in [1.82, 2.24) is 9.80 Å². The Kier molecular flexibility index (Phi) is 12.4. The van der Waals surface area contributed by atoms with Gasteiger partial charge in [-0.25, -0.2) is 0 Å². The normalized spacial score (nSPS) is 11.6. The van der Waals surface area contributed by atoms with E-state index in [-0.39, 0.29) is 12.1 Å². The zero-order valence-electron chi connectivity index (χ0n) is 12.5. The molecule has 0 aliphatic heterocycles. The van der Waals surface area contributed by atoms with Gasteiger partial charge in [0.1, 0.15) is 0 Å². The second-order valence-electron chi connectivity index (χ2n) is 4.97. The number of aliphatic hydroxyl groups excluding tert-OH is 2. The first-order chi connectivity index (χ1) is 7.85. The van der Waals surface area contributed by atoms with E-state index < -0.39 is 0 Å². The van der Waals surface area contributed by atoms with E-state index in [9.17, 15) is 0 Å². The average molecular weight is 248 g/mol. The van der Waals surface area contributed by atoms with Crippen LogP contribution < -0.4 is 0 Å². The van der Waals surface area contributed by atoms with Crippen molar-refractivity contribution in [3.05, 3.63) is 0 Å².